The molecule has 2 rings (SSSR count). The molecule has 1 aliphatic rings. The quantitative estimate of drug-likeness (QED) is 0.808. The largest absolute Gasteiger partial charge is 0.388 e. The highest BCUT2D eigenvalue weighted by Gasteiger charge is 2.30. The number of sulfonamides is 1. The Bertz CT molecular complexity index is 608. The molecule has 1 fully saturated rings. The minimum absolute atomic E-state index is 0.0291. The normalized spacial score (nSPS) is 18.0. The van der Waals surface area contributed by atoms with Gasteiger partial charge in [0.25, 0.3) is 0 Å². The van der Waals surface area contributed by atoms with Crippen LogP contribution in [0.25, 0.3) is 0 Å². The third-order valence-electron chi connectivity index (χ3n) is 3.87. The molecule has 0 spiro atoms. The van der Waals surface area contributed by atoms with Crippen molar-refractivity contribution in [3.63, 3.8) is 0 Å². The molecule has 1 saturated heterocycles. The molecule has 0 atom stereocenters. The van der Waals surface area contributed by atoms with Crippen molar-refractivity contribution < 1.29 is 8.42 Å². The topological polar surface area (TPSA) is 79.5 Å². The molecule has 0 aromatic carbocycles. The average molecular weight is 328 g/mol. The van der Waals surface area contributed by atoms with Gasteiger partial charge in [0.2, 0.25) is 10.0 Å². The third-order valence-corrected chi connectivity index (χ3v) is 5.97. The molecule has 0 unspecified atom stereocenters. The average Bonchev–Trinajstić information content (AvgIpc) is 2.47. The van der Waals surface area contributed by atoms with Crippen LogP contribution in [0.15, 0.2) is 23.2 Å². The number of rotatable bonds is 4. The summed E-state index contributed by atoms with van der Waals surface area (Å²) in [6, 6.07) is 3.07. The molecule has 6 nitrogen and oxygen atoms in total. The van der Waals surface area contributed by atoms with Crippen LogP contribution in [0.2, 0.25) is 0 Å². The van der Waals surface area contributed by atoms with Crippen molar-refractivity contribution in [2.24, 2.45) is 5.73 Å². The maximum absolute atomic E-state index is 12.6. The lowest BCUT2D eigenvalue weighted by Crippen LogP contribution is -2.44. The minimum atomic E-state index is -3.53. The van der Waals surface area contributed by atoms with Crippen LogP contribution < -0.4 is 5.73 Å². The van der Waals surface area contributed by atoms with E-state index in [2.05, 4.69) is 9.88 Å². The van der Waals surface area contributed by atoms with Crippen LogP contribution >= 0.6 is 12.2 Å². The van der Waals surface area contributed by atoms with E-state index < -0.39 is 10.0 Å². The first kappa shape index (κ1) is 16.3. The van der Waals surface area contributed by atoms with Gasteiger partial charge >= 0.3 is 0 Å². The van der Waals surface area contributed by atoms with Crippen LogP contribution in [0.1, 0.15) is 18.5 Å². The van der Waals surface area contributed by atoms with Gasteiger partial charge in [-0.05, 0) is 45.1 Å². The summed E-state index contributed by atoms with van der Waals surface area (Å²) in [5.41, 5.74) is 5.89. The monoisotopic (exact) mass is 328 g/mol. The van der Waals surface area contributed by atoms with Crippen molar-refractivity contribution in [1.29, 1.82) is 0 Å². The van der Waals surface area contributed by atoms with Crippen LogP contribution in [0.4, 0.5) is 0 Å². The van der Waals surface area contributed by atoms with Crippen molar-refractivity contribution in [2.45, 2.75) is 23.8 Å². The molecule has 21 heavy (non-hydrogen) atoms. The maximum Gasteiger partial charge on any atom is 0.244 e. The SMILES string of the molecule is CN1CCC(N(C)S(=O)(=O)c2ccc(C(N)=S)nc2)CC1. The molecule has 116 valence electrons. The summed E-state index contributed by atoms with van der Waals surface area (Å²) < 4.78 is 26.7. The lowest BCUT2D eigenvalue weighted by atomic mass is 10.1. The molecule has 0 bridgehead atoms. The maximum atomic E-state index is 12.6. The number of hydrogen-bond donors (Lipinski definition) is 1. The Morgan fingerprint density at radius 2 is 2.05 bits per heavy atom. The van der Waals surface area contributed by atoms with Crippen LogP contribution in [0, 0.1) is 0 Å². The fourth-order valence-corrected chi connectivity index (χ4v) is 3.88. The molecule has 1 aromatic rings. The second-order valence-corrected chi connectivity index (χ2v) is 7.74. The third kappa shape index (κ3) is 3.57. The van der Waals surface area contributed by atoms with Gasteiger partial charge in [0.1, 0.15) is 9.88 Å². The van der Waals surface area contributed by atoms with Gasteiger partial charge in [0, 0.05) is 19.3 Å². The second-order valence-electron chi connectivity index (χ2n) is 5.30. The molecule has 8 heteroatoms. The first-order valence-electron chi connectivity index (χ1n) is 6.75. The van der Waals surface area contributed by atoms with Crippen LogP contribution in [0.5, 0.6) is 0 Å². The van der Waals surface area contributed by atoms with Gasteiger partial charge in [0.15, 0.2) is 0 Å². The molecule has 2 heterocycles. The number of piperidine rings is 1. The Labute approximate surface area is 131 Å². The summed E-state index contributed by atoms with van der Waals surface area (Å²) >= 11 is 4.81. The zero-order valence-corrected chi connectivity index (χ0v) is 13.8. The van der Waals surface area contributed by atoms with E-state index in [1.807, 2.05) is 7.05 Å². The van der Waals surface area contributed by atoms with E-state index in [-0.39, 0.29) is 15.9 Å². The molecule has 1 aliphatic heterocycles. The molecular formula is C13H20N4O2S2. The summed E-state index contributed by atoms with van der Waals surface area (Å²) in [5.74, 6) is 0. The second kappa shape index (κ2) is 6.35. The molecule has 0 saturated carbocycles. The highest BCUT2D eigenvalue weighted by atomic mass is 32.2. The standard InChI is InChI=1S/C13H20N4O2S2/c1-16-7-5-10(6-8-16)17(2)21(18,19)11-3-4-12(13(14)20)15-9-11/h3-4,9-10H,5-8H2,1-2H3,(H2,14,20). The van der Waals surface area contributed by atoms with E-state index in [9.17, 15) is 8.42 Å². The minimum Gasteiger partial charge on any atom is -0.388 e. The van der Waals surface area contributed by atoms with Gasteiger partial charge < -0.3 is 10.6 Å². The summed E-state index contributed by atoms with van der Waals surface area (Å²) in [5, 5.41) is 0. The first-order valence-corrected chi connectivity index (χ1v) is 8.59. The fraction of sp³-hybridized carbons (Fsp3) is 0.538. The predicted molar refractivity (Wildman–Crippen MR) is 85.6 cm³/mol. The Hall–Kier alpha value is -1.09. The lowest BCUT2D eigenvalue weighted by molar-refractivity contribution is 0.197. The first-order chi connectivity index (χ1) is 9.82. The Kier molecular flexibility index (Phi) is 4.92. The van der Waals surface area contributed by atoms with Crippen molar-refractivity contribution >= 4 is 27.2 Å². The highest BCUT2D eigenvalue weighted by Crippen LogP contribution is 2.21. The lowest BCUT2D eigenvalue weighted by Gasteiger charge is -2.34. The Morgan fingerprint density at radius 1 is 1.43 bits per heavy atom. The van der Waals surface area contributed by atoms with Gasteiger partial charge in [-0.15, -0.1) is 0 Å². The van der Waals surface area contributed by atoms with Crippen LogP contribution in [0.3, 0.4) is 0 Å². The van der Waals surface area contributed by atoms with E-state index in [1.54, 1.807) is 7.05 Å². The zero-order chi connectivity index (χ0) is 15.6. The van der Waals surface area contributed by atoms with E-state index in [4.69, 9.17) is 18.0 Å². The van der Waals surface area contributed by atoms with Gasteiger partial charge in [-0.3, -0.25) is 4.98 Å². The van der Waals surface area contributed by atoms with Crippen LogP contribution in [-0.4, -0.2) is 60.8 Å². The summed E-state index contributed by atoms with van der Waals surface area (Å²) in [4.78, 5) is 6.53. The summed E-state index contributed by atoms with van der Waals surface area (Å²) in [6.07, 6.45) is 2.99. The summed E-state index contributed by atoms with van der Waals surface area (Å²) in [6.45, 7) is 1.81. The number of aromatic nitrogens is 1. The molecular weight excluding hydrogens is 308 g/mol. The number of thiocarbonyl (C=S) groups is 1. The van der Waals surface area contributed by atoms with E-state index in [1.165, 1.54) is 22.6 Å². The van der Waals surface area contributed by atoms with Crippen LogP contribution in [-0.2, 0) is 10.0 Å². The predicted octanol–water partition coefficient (Wildman–Crippen LogP) is 0.431. The van der Waals surface area contributed by atoms with E-state index in [0.29, 0.717) is 5.69 Å². The highest BCUT2D eigenvalue weighted by molar-refractivity contribution is 7.89. The smallest absolute Gasteiger partial charge is 0.244 e. The number of pyridine rings is 1. The van der Waals surface area contributed by atoms with Crippen molar-refractivity contribution in [2.75, 3.05) is 27.2 Å². The Morgan fingerprint density at radius 3 is 2.52 bits per heavy atom. The van der Waals surface area contributed by atoms with Crippen molar-refractivity contribution in [3.05, 3.63) is 24.0 Å². The number of nitrogens with zero attached hydrogens (tertiary/aromatic N) is 3. The van der Waals surface area contributed by atoms with Gasteiger partial charge in [-0.2, -0.15) is 4.31 Å². The summed E-state index contributed by atoms with van der Waals surface area (Å²) in [7, 11) is 0.146. The molecule has 0 aliphatic carbocycles. The molecule has 2 N–H and O–H groups in total. The number of likely N-dealkylation sites (tertiary alicyclic amines) is 1. The van der Waals surface area contributed by atoms with E-state index >= 15 is 0 Å². The fourth-order valence-electron chi connectivity index (χ4n) is 2.40. The van der Waals surface area contributed by atoms with Crippen molar-refractivity contribution in [1.82, 2.24) is 14.2 Å². The van der Waals surface area contributed by atoms with Gasteiger partial charge in [-0.25, -0.2) is 8.42 Å². The van der Waals surface area contributed by atoms with Gasteiger partial charge in [0.05, 0.1) is 5.69 Å². The molecule has 1 aromatic heterocycles. The molecule has 0 amide bonds. The Balaban J connectivity index is 2.18. The van der Waals surface area contributed by atoms with Crippen molar-refractivity contribution in [3.8, 4) is 0 Å². The zero-order valence-electron chi connectivity index (χ0n) is 12.2. The number of hydrogen-bond acceptors (Lipinski definition) is 5. The number of nitrogens with two attached hydrogens (primary N) is 1. The molecule has 0 radical (unpaired) electrons. The van der Waals surface area contributed by atoms with Gasteiger partial charge in [-0.1, -0.05) is 12.2 Å². The van der Waals surface area contributed by atoms with E-state index in [0.717, 1.165) is 25.9 Å².